The lowest BCUT2D eigenvalue weighted by molar-refractivity contribution is -0.112. The summed E-state index contributed by atoms with van der Waals surface area (Å²) < 4.78 is 14.3. The van der Waals surface area contributed by atoms with E-state index in [9.17, 15) is 9.18 Å². The average Bonchev–Trinajstić information content (AvgIpc) is 2.82. The Kier molecular flexibility index (Phi) is 10.4. The summed E-state index contributed by atoms with van der Waals surface area (Å²) in [4.78, 5) is 18.3. The second kappa shape index (κ2) is 12.8. The van der Waals surface area contributed by atoms with Gasteiger partial charge in [0.25, 0.3) is 5.91 Å². The number of benzene rings is 2. The van der Waals surface area contributed by atoms with Gasteiger partial charge >= 0.3 is 0 Å². The Bertz CT molecular complexity index is 1290. The van der Waals surface area contributed by atoms with Crippen molar-refractivity contribution < 1.29 is 9.18 Å². The summed E-state index contributed by atoms with van der Waals surface area (Å²) in [7, 11) is 0. The summed E-state index contributed by atoms with van der Waals surface area (Å²) in [5.74, 6) is -0.434. The molecule has 0 spiro atoms. The highest BCUT2D eigenvalue weighted by atomic mass is 35.5. The van der Waals surface area contributed by atoms with Crippen LogP contribution in [0.5, 0.6) is 0 Å². The number of anilines is 1. The Hall–Kier alpha value is -3.22. The number of nitrogens with one attached hydrogen (secondary N) is 1. The van der Waals surface area contributed by atoms with Gasteiger partial charge in [-0.15, -0.1) is 0 Å². The molecule has 5 nitrogen and oxygen atoms in total. The van der Waals surface area contributed by atoms with Crippen molar-refractivity contribution in [2.24, 2.45) is 10.1 Å². The first kappa shape index (κ1) is 30.0. The summed E-state index contributed by atoms with van der Waals surface area (Å²) in [6.45, 7) is 17.8. The number of hydrogen-bond acceptors (Lipinski definition) is 4. The van der Waals surface area contributed by atoms with Crippen molar-refractivity contribution in [3.05, 3.63) is 88.7 Å². The Morgan fingerprint density at radius 3 is 2.32 bits per heavy atom. The number of carbonyl (C=O) groups excluding carboxylic acids is 1. The first-order valence-electron chi connectivity index (χ1n) is 11.6. The summed E-state index contributed by atoms with van der Waals surface area (Å²) in [5, 5.41) is 9.74. The molecule has 2 aromatic carbocycles. The Labute approximate surface area is 229 Å². The standard InChI is InChI=1S/C29H33Cl2FN4O/c1-9-36(35-21(6)29(7,8)32)17-19(4)33-27(20(5)23-12-10-11-13-25(23)31)28(37)34-26-15-14-22(30)16-24(26)18(2)3/h9-16H,1-2,17H2,3-8H3,(H,34,37)/b27-20+,33-19?,35-21+. The number of amides is 1. The molecule has 0 bridgehead atoms. The zero-order valence-electron chi connectivity index (χ0n) is 22.1. The molecule has 0 heterocycles. The second-order valence-corrected chi connectivity index (χ2v) is 10.0. The van der Waals surface area contributed by atoms with Crippen LogP contribution in [0.4, 0.5) is 10.1 Å². The SMILES string of the molecule is C=CN(CC(C)=N/C(C(=O)Nc1ccc(Cl)cc1C(=C)C)=C(\C)c1ccccc1Cl)/N=C(\C)C(C)(C)F. The van der Waals surface area contributed by atoms with Crippen molar-refractivity contribution in [1.82, 2.24) is 5.01 Å². The fraction of sp³-hybridized carbons (Fsp3) is 0.276. The Morgan fingerprint density at radius 2 is 1.76 bits per heavy atom. The molecule has 0 aliphatic heterocycles. The van der Waals surface area contributed by atoms with Crippen LogP contribution in [0.3, 0.4) is 0 Å². The predicted octanol–water partition coefficient (Wildman–Crippen LogP) is 8.43. The molecule has 1 amide bonds. The second-order valence-electron chi connectivity index (χ2n) is 9.16. The molecule has 0 saturated heterocycles. The highest BCUT2D eigenvalue weighted by molar-refractivity contribution is 6.32. The predicted molar refractivity (Wildman–Crippen MR) is 157 cm³/mol. The van der Waals surface area contributed by atoms with Crippen LogP contribution in [0, 0.1) is 0 Å². The third-order valence-corrected chi connectivity index (χ3v) is 6.15. The van der Waals surface area contributed by atoms with Crippen molar-refractivity contribution in [2.45, 2.75) is 47.2 Å². The van der Waals surface area contributed by atoms with Crippen LogP contribution in [-0.4, -0.2) is 34.6 Å². The van der Waals surface area contributed by atoms with Gasteiger partial charge in [-0.25, -0.2) is 4.39 Å². The fourth-order valence-electron chi connectivity index (χ4n) is 3.27. The number of halogens is 3. The zero-order valence-corrected chi connectivity index (χ0v) is 23.6. The van der Waals surface area contributed by atoms with Crippen LogP contribution in [0.25, 0.3) is 11.1 Å². The minimum absolute atomic E-state index is 0.170. The van der Waals surface area contributed by atoms with Crippen molar-refractivity contribution >= 4 is 57.4 Å². The molecule has 2 rings (SSSR count). The molecule has 1 N–H and O–H groups in total. The van der Waals surface area contributed by atoms with Gasteiger partial charge in [-0.2, -0.15) is 5.10 Å². The van der Waals surface area contributed by atoms with Crippen LogP contribution < -0.4 is 5.32 Å². The largest absolute Gasteiger partial charge is 0.320 e. The smallest absolute Gasteiger partial charge is 0.274 e. The number of hydrogen-bond donors (Lipinski definition) is 1. The van der Waals surface area contributed by atoms with Crippen molar-refractivity contribution in [1.29, 1.82) is 0 Å². The quantitative estimate of drug-likeness (QED) is 0.186. The number of allylic oxidation sites excluding steroid dienone is 2. The van der Waals surface area contributed by atoms with Crippen LogP contribution in [-0.2, 0) is 4.79 Å². The van der Waals surface area contributed by atoms with Gasteiger partial charge in [-0.05, 0) is 82.5 Å². The van der Waals surface area contributed by atoms with Gasteiger partial charge < -0.3 is 5.32 Å². The van der Waals surface area contributed by atoms with Crippen molar-refractivity contribution in [2.75, 3.05) is 11.9 Å². The molecule has 196 valence electrons. The highest BCUT2D eigenvalue weighted by Gasteiger charge is 2.21. The first-order valence-corrected chi connectivity index (χ1v) is 12.4. The van der Waals surface area contributed by atoms with Gasteiger partial charge in [0, 0.05) is 33.2 Å². The van der Waals surface area contributed by atoms with Crippen molar-refractivity contribution in [3.8, 4) is 0 Å². The number of alkyl halides is 1. The molecule has 8 heteroatoms. The number of rotatable bonds is 10. The molecule has 0 aliphatic rings. The summed E-state index contributed by atoms with van der Waals surface area (Å²) in [6.07, 6.45) is 1.48. The topological polar surface area (TPSA) is 57.1 Å². The van der Waals surface area contributed by atoms with Gasteiger partial charge in [0.1, 0.15) is 11.4 Å². The first-order chi connectivity index (χ1) is 17.2. The third-order valence-electron chi connectivity index (χ3n) is 5.58. The van der Waals surface area contributed by atoms with E-state index < -0.39 is 11.6 Å². The molecular formula is C29H33Cl2FN4O. The van der Waals surface area contributed by atoms with Gasteiger partial charge in [0.2, 0.25) is 0 Å². The third kappa shape index (κ3) is 8.41. The maximum Gasteiger partial charge on any atom is 0.274 e. The molecule has 0 saturated carbocycles. The number of hydrazone groups is 1. The number of carbonyl (C=O) groups is 1. The van der Waals surface area contributed by atoms with Crippen LogP contribution in [0.15, 0.2) is 77.6 Å². The minimum Gasteiger partial charge on any atom is -0.320 e. The lowest BCUT2D eigenvalue weighted by atomic mass is 10.0. The normalized spacial score (nSPS) is 13.1. The van der Waals surface area contributed by atoms with E-state index in [0.717, 1.165) is 5.57 Å². The highest BCUT2D eigenvalue weighted by Crippen LogP contribution is 2.30. The minimum atomic E-state index is -1.59. The molecule has 0 radical (unpaired) electrons. The van der Waals surface area contributed by atoms with Crippen LogP contribution in [0.1, 0.15) is 52.7 Å². The number of aliphatic imine (C=N–C) groups is 1. The van der Waals surface area contributed by atoms with E-state index in [-0.39, 0.29) is 18.0 Å². The van der Waals surface area contributed by atoms with E-state index in [0.29, 0.717) is 38.1 Å². The van der Waals surface area contributed by atoms with Gasteiger partial charge in [-0.3, -0.25) is 14.8 Å². The molecule has 0 fully saturated rings. The molecule has 0 aromatic heterocycles. The zero-order chi connectivity index (χ0) is 27.9. The molecule has 0 aliphatic carbocycles. The van der Waals surface area contributed by atoms with Crippen LogP contribution >= 0.6 is 23.2 Å². The van der Waals surface area contributed by atoms with E-state index in [1.165, 1.54) is 25.1 Å². The summed E-state index contributed by atoms with van der Waals surface area (Å²) in [5.41, 5.74) is 2.71. The lowest BCUT2D eigenvalue weighted by Gasteiger charge is -2.20. The molecule has 0 unspecified atom stereocenters. The Morgan fingerprint density at radius 1 is 1.11 bits per heavy atom. The molecular weight excluding hydrogens is 510 g/mol. The van der Waals surface area contributed by atoms with E-state index in [4.69, 9.17) is 23.2 Å². The van der Waals surface area contributed by atoms with E-state index in [2.05, 4.69) is 28.6 Å². The van der Waals surface area contributed by atoms with E-state index in [1.54, 1.807) is 45.0 Å². The number of nitrogens with zero attached hydrogens (tertiary/aromatic N) is 3. The van der Waals surface area contributed by atoms with Crippen molar-refractivity contribution in [3.63, 3.8) is 0 Å². The summed E-state index contributed by atoms with van der Waals surface area (Å²) in [6, 6.07) is 12.4. The van der Waals surface area contributed by atoms with Gasteiger partial charge in [-0.1, -0.05) is 54.6 Å². The van der Waals surface area contributed by atoms with E-state index >= 15 is 0 Å². The summed E-state index contributed by atoms with van der Waals surface area (Å²) >= 11 is 12.6. The maximum absolute atomic E-state index is 14.3. The lowest BCUT2D eigenvalue weighted by Crippen LogP contribution is -2.28. The monoisotopic (exact) mass is 542 g/mol. The Balaban J connectivity index is 2.56. The van der Waals surface area contributed by atoms with Gasteiger partial charge in [0.05, 0.1) is 12.3 Å². The van der Waals surface area contributed by atoms with Gasteiger partial charge in [0.15, 0.2) is 0 Å². The molecule has 2 aromatic rings. The fourth-order valence-corrected chi connectivity index (χ4v) is 3.72. The van der Waals surface area contributed by atoms with Crippen LogP contribution in [0.2, 0.25) is 10.0 Å². The molecule has 0 atom stereocenters. The maximum atomic E-state index is 14.3. The average molecular weight is 544 g/mol. The van der Waals surface area contributed by atoms with E-state index in [1.807, 2.05) is 25.1 Å². The molecule has 37 heavy (non-hydrogen) atoms.